The van der Waals surface area contributed by atoms with E-state index in [1.165, 1.54) is 0 Å². The van der Waals surface area contributed by atoms with E-state index in [-0.39, 0.29) is 17.4 Å². The number of rotatable bonds is 0. The van der Waals surface area contributed by atoms with Crippen LogP contribution in [0.15, 0.2) is 24.3 Å². The molecule has 98 valence electrons. The summed E-state index contributed by atoms with van der Waals surface area (Å²) < 4.78 is 12.1. The van der Waals surface area contributed by atoms with E-state index in [1.807, 2.05) is 0 Å². The summed E-state index contributed by atoms with van der Waals surface area (Å²) in [6, 6.07) is 0. The maximum absolute atomic E-state index is 10.4. The summed E-state index contributed by atoms with van der Waals surface area (Å²) in [6.07, 6.45) is 12.4. The standard InChI is InChI=1S/C15H20O3/c16-13-3-1-2-5-14-6-4-11(9-12(13)14)10-15(14)17-7-8-18-15/h1-2,4,6,11-13,16H,3,5,7-10H2/t11-,12-,13-,14+/m1/s1. The number of aliphatic hydroxyl groups excluding tert-OH is 1. The normalized spacial score (nSPS) is 48.4. The third kappa shape index (κ3) is 1.25. The van der Waals surface area contributed by atoms with Crippen molar-refractivity contribution in [2.75, 3.05) is 13.2 Å². The molecule has 2 fully saturated rings. The molecular weight excluding hydrogens is 228 g/mol. The summed E-state index contributed by atoms with van der Waals surface area (Å²) in [6.45, 7) is 1.38. The van der Waals surface area contributed by atoms with E-state index in [1.54, 1.807) is 0 Å². The highest BCUT2D eigenvalue weighted by Crippen LogP contribution is 2.62. The van der Waals surface area contributed by atoms with Crippen molar-refractivity contribution in [1.82, 2.24) is 0 Å². The highest BCUT2D eigenvalue weighted by atomic mass is 16.7. The molecule has 0 aromatic carbocycles. The molecule has 0 amide bonds. The Hall–Kier alpha value is -0.640. The molecule has 2 bridgehead atoms. The molecule has 2 spiro atoms. The van der Waals surface area contributed by atoms with Gasteiger partial charge in [-0.15, -0.1) is 0 Å². The molecular formula is C15H20O3. The maximum atomic E-state index is 10.4. The van der Waals surface area contributed by atoms with Crippen molar-refractivity contribution in [3.63, 3.8) is 0 Å². The van der Waals surface area contributed by atoms with E-state index in [0.717, 1.165) is 25.7 Å². The maximum Gasteiger partial charge on any atom is 0.178 e. The number of aliphatic hydroxyl groups is 1. The van der Waals surface area contributed by atoms with Gasteiger partial charge in [-0.25, -0.2) is 0 Å². The number of hydrogen-bond donors (Lipinski definition) is 1. The molecule has 1 N–H and O–H groups in total. The zero-order valence-corrected chi connectivity index (χ0v) is 10.5. The number of ether oxygens (including phenoxy) is 2. The van der Waals surface area contributed by atoms with Crippen LogP contribution < -0.4 is 0 Å². The average molecular weight is 248 g/mol. The molecule has 0 radical (unpaired) electrons. The Morgan fingerprint density at radius 3 is 2.83 bits per heavy atom. The Labute approximate surface area is 107 Å². The van der Waals surface area contributed by atoms with E-state index in [4.69, 9.17) is 9.47 Å². The molecule has 4 atom stereocenters. The van der Waals surface area contributed by atoms with Gasteiger partial charge in [-0.2, -0.15) is 0 Å². The second kappa shape index (κ2) is 3.69. The van der Waals surface area contributed by atoms with Gasteiger partial charge in [-0.05, 0) is 25.2 Å². The minimum absolute atomic E-state index is 0.148. The first-order chi connectivity index (χ1) is 8.76. The summed E-state index contributed by atoms with van der Waals surface area (Å²) in [5.41, 5.74) is -0.148. The lowest BCUT2D eigenvalue weighted by Gasteiger charge is -2.58. The van der Waals surface area contributed by atoms with Gasteiger partial charge >= 0.3 is 0 Å². The lowest BCUT2D eigenvalue weighted by atomic mass is 9.53. The average Bonchev–Trinajstić information content (AvgIpc) is 2.77. The minimum atomic E-state index is -0.467. The quantitative estimate of drug-likeness (QED) is 0.667. The first-order valence-corrected chi connectivity index (χ1v) is 7.06. The van der Waals surface area contributed by atoms with E-state index < -0.39 is 5.79 Å². The molecule has 1 saturated heterocycles. The molecule has 1 saturated carbocycles. The third-order valence-electron chi connectivity index (χ3n) is 5.34. The lowest BCUT2D eigenvalue weighted by Crippen LogP contribution is -2.61. The molecule has 5 aliphatic rings. The van der Waals surface area contributed by atoms with Crippen molar-refractivity contribution in [3.05, 3.63) is 24.3 Å². The summed E-state index contributed by atoms with van der Waals surface area (Å²) in [7, 11) is 0. The van der Waals surface area contributed by atoms with Crippen molar-refractivity contribution in [2.45, 2.75) is 37.6 Å². The van der Waals surface area contributed by atoms with Gasteiger partial charge < -0.3 is 14.6 Å². The zero-order valence-electron chi connectivity index (χ0n) is 10.5. The Balaban J connectivity index is 1.84. The molecule has 0 unspecified atom stereocenters. The number of hydrogen-bond acceptors (Lipinski definition) is 3. The smallest absolute Gasteiger partial charge is 0.178 e. The fourth-order valence-corrected chi connectivity index (χ4v) is 4.54. The van der Waals surface area contributed by atoms with Crippen LogP contribution in [0.25, 0.3) is 0 Å². The monoisotopic (exact) mass is 248 g/mol. The largest absolute Gasteiger partial charge is 0.392 e. The highest BCUT2D eigenvalue weighted by molar-refractivity contribution is 5.26. The topological polar surface area (TPSA) is 38.7 Å². The van der Waals surface area contributed by atoms with Crippen molar-refractivity contribution in [2.24, 2.45) is 17.3 Å². The van der Waals surface area contributed by atoms with Crippen molar-refractivity contribution >= 4 is 0 Å². The van der Waals surface area contributed by atoms with Gasteiger partial charge in [0.1, 0.15) is 0 Å². The van der Waals surface area contributed by atoms with Crippen molar-refractivity contribution < 1.29 is 14.6 Å². The number of allylic oxidation sites excluding steroid dienone is 2. The molecule has 18 heavy (non-hydrogen) atoms. The van der Waals surface area contributed by atoms with Gasteiger partial charge in [0, 0.05) is 12.3 Å². The van der Waals surface area contributed by atoms with Gasteiger partial charge in [0.05, 0.1) is 24.7 Å². The molecule has 4 aliphatic carbocycles. The fourth-order valence-electron chi connectivity index (χ4n) is 4.54. The van der Waals surface area contributed by atoms with Gasteiger partial charge in [-0.3, -0.25) is 0 Å². The summed E-state index contributed by atoms with van der Waals surface area (Å²) >= 11 is 0. The van der Waals surface area contributed by atoms with E-state index >= 15 is 0 Å². The Morgan fingerprint density at radius 2 is 2.00 bits per heavy atom. The van der Waals surface area contributed by atoms with Gasteiger partial charge in [-0.1, -0.05) is 24.3 Å². The Morgan fingerprint density at radius 1 is 1.17 bits per heavy atom. The van der Waals surface area contributed by atoms with Crippen LogP contribution in [0.1, 0.15) is 25.7 Å². The van der Waals surface area contributed by atoms with Gasteiger partial charge in [0.15, 0.2) is 5.79 Å². The summed E-state index contributed by atoms with van der Waals surface area (Å²) in [5.74, 6) is 0.308. The second-order valence-corrected chi connectivity index (χ2v) is 6.13. The van der Waals surface area contributed by atoms with Crippen LogP contribution in [0.2, 0.25) is 0 Å². The second-order valence-electron chi connectivity index (χ2n) is 6.13. The van der Waals surface area contributed by atoms with Crippen LogP contribution in [0.3, 0.4) is 0 Å². The third-order valence-corrected chi connectivity index (χ3v) is 5.34. The SMILES string of the molecule is O[C@@H]1CC=CC[C@]23C=C[C@H](C[C@H]12)CC31OCCO1. The van der Waals surface area contributed by atoms with E-state index in [9.17, 15) is 5.11 Å². The van der Waals surface area contributed by atoms with Gasteiger partial charge in [0.25, 0.3) is 0 Å². The molecule has 1 aliphatic heterocycles. The van der Waals surface area contributed by atoms with E-state index in [0.29, 0.717) is 19.1 Å². The Kier molecular flexibility index (Phi) is 2.30. The molecule has 5 rings (SSSR count). The van der Waals surface area contributed by atoms with Crippen molar-refractivity contribution in [1.29, 1.82) is 0 Å². The van der Waals surface area contributed by atoms with Crippen LogP contribution in [-0.2, 0) is 9.47 Å². The van der Waals surface area contributed by atoms with Crippen LogP contribution >= 0.6 is 0 Å². The molecule has 3 heteroatoms. The molecule has 3 nitrogen and oxygen atoms in total. The highest BCUT2D eigenvalue weighted by Gasteiger charge is 2.64. The molecule has 1 heterocycles. The minimum Gasteiger partial charge on any atom is -0.392 e. The van der Waals surface area contributed by atoms with Crippen LogP contribution in [0.4, 0.5) is 0 Å². The van der Waals surface area contributed by atoms with Crippen LogP contribution in [-0.4, -0.2) is 30.2 Å². The zero-order chi connectivity index (χ0) is 12.2. The summed E-state index contributed by atoms with van der Waals surface area (Å²) in [5, 5.41) is 10.4. The predicted octanol–water partition coefficient (Wildman–Crippen LogP) is 2.02. The fraction of sp³-hybridized carbons (Fsp3) is 0.733. The van der Waals surface area contributed by atoms with Crippen molar-refractivity contribution in [3.8, 4) is 0 Å². The van der Waals surface area contributed by atoms with E-state index in [2.05, 4.69) is 24.3 Å². The predicted molar refractivity (Wildman–Crippen MR) is 66.8 cm³/mol. The van der Waals surface area contributed by atoms with Crippen LogP contribution in [0.5, 0.6) is 0 Å². The lowest BCUT2D eigenvalue weighted by molar-refractivity contribution is -0.276. The Bertz CT molecular complexity index is 408. The first-order valence-electron chi connectivity index (χ1n) is 7.06. The molecule has 0 aromatic rings. The first kappa shape index (κ1) is 11.2. The van der Waals surface area contributed by atoms with Gasteiger partial charge in [0.2, 0.25) is 0 Å². The summed E-state index contributed by atoms with van der Waals surface area (Å²) in [4.78, 5) is 0. The molecule has 0 aromatic heterocycles. The van der Waals surface area contributed by atoms with Crippen LogP contribution in [0, 0.1) is 17.3 Å².